The zero-order valence-corrected chi connectivity index (χ0v) is 12.7. The van der Waals surface area contributed by atoms with Gasteiger partial charge < -0.3 is 10.2 Å². The molecule has 1 aliphatic heterocycles. The number of carbonyl (C=O) groups excluding carboxylic acids is 1. The summed E-state index contributed by atoms with van der Waals surface area (Å²) in [5, 5.41) is 2.94. The highest BCUT2D eigenvalue weighted by Gasteiger charge is 2.09. The van der Waals surface area contributed by atoms with Gasteiger partial charge in [-0.25, -0.2) is 4.98 Å². The number of rotatable bonds is 5. The summed E-state index contributed by atoms with van der Waals surface area (Å²) in [4.78, 5) is 18.4. The summed E-state index contributed by atoms with van der Waals surface area (Å²) in [7, 11) is 0. The van der Waals surface area contributed by atoms with E-state index < -0.39 is 0 Å². The Kier molecular flexibility index (Phi) is 5.79. The Morgan fingerprint density at radius 2 is 2.11 bits per heavy atom. The Morgan fingerprint density at radius 1 is 1.32 bits per heavy atom. The summed E-state index contributed by atoms with van der Waals surface area (Å²) in [5.74, 6) is -0.0429. The van der Waals surface area contributed by atoms with Crippen molar-refractivity contribution in [2.45, 2.75) is 25.7 Å². The number of aromatic nitrogens is 1. The molecule has 1 aromatic heterocycles. The molecule has 0 aromatic carbocycles. The van der Waals surface area contributed by atoms with Crippen LogP contribution in [0.2, 0.25) is 0 Å². The normalized spacial score (nSPS) is 16.3. The van der Waals surface area contributed by atoms with E-state index in [0.717, 1.165) is 24.1 Å². The molecule has 0 aliphatic carbocycles. The molecule has 0 atom stereocenters. The predicted octanol–water partition coefficient (Wildman–Crippen LogP) is 2.45. The fourth-order valence-corrected chi connectivity index (χ4v) is 2.53. The first-order valence-electron chi connectivity index (χ1n) is 6.88. The second-order valence-corrected chi connectivity index (χ2v) is 5.69. The van der Waals surface area contributed by atoms with Crippen LogP contribution in [0.5, 0.6) is 0 Å². The highest BCUT2D eigenvalue weighted by Crippen LogP contribution is 2.08. The highest BCUT2D eigenvalue weighted by molar-refractivity contribution is 9.10. The van der Waals surface area contributed by atoms with E-state index in [1.165, 1.54) is 32.4 Å². The lowest BCUT2D eigenvalue weighted by Crippen LogP contribution is -2.33. The fraction of sp³-hybridized carbons (Fsp3) is 0.571. The minimum absolute atomic E-state index is 0.0429. The van der Waals surface area contributed by atoms with Crippen LogP contribution in [-0.2, 0) is 0 Å². The van der Waals surface area contributed by atoms with Crippen LogP contribution < -0.4 is 5.32 Å². The van der Waals surface area contributed by atoms with Crippen molar-refractivity contribution in [3.05, 3.63) is 28.5 Å². The van der Waals surface area contributed by atoms with Crippen molar-refractivity contribution in [1.29, 1.82) is 0 Å². The molecule has 1 fully saturated rings. The van der Waals surface area contributed by atoms with Gasteiger partial charge in [-0.1, -0.05) is 6.42 Å². The predicted molar refractivity (Wildman–Crippen MR) is 79.2 cm³/mol. The summed E-state index contributed by atoms with van der Waals surface area (Å²) >= 11 is 3.25. The van der Waals surface area contributed by atoms with Crippen molar-refractivity contribution in [2.24, 2.45) is 0 Å². The summed E-state index contributed by atoms with van der Waals surface area (Å²) < 4.78 is 0.745. The van der Waals surface area contributed by atoms with Crippen molar-refractivity contribution in [1.82, 2.24) is 15.2 Å². The molecule has 4 nitrogen and oxygen atoms in total. The van der Waals surface area contributed by atoms with Crippen LogP contribution in [0, 0.1) is 0 Å². The van der Waals surface area contributed by atoms with E-state index in [1.54, 1.807) is 18.3 Å². The molecule has 0 unspecified atom stereocenters. The maximum atomic E-state index is 11.8. The van der Waals surface area contributed by atoms with E-state index in [0.29, 0.717) is 5.56 Å². The maximum absolute atomic E-state index is 11.8. The van der Waals surface area contributed by atoms with E-state index in [1.807, 2.05) is 0 Å². The molecule has 1 saturated heterocycles. The first-order valence-corrected chi connectivity index (χ1v) is 7.67. The van der Waals surface area contributed by atoms with Gasteiger partial charge in [-0.05, 0) is 67.0 Å². The number of halogens is 1. The van der Waals surface area contributed by atoms with Gasteiger partial charge in [-0.3, -0.25) is 4.79 Å². The van der Waals surface area contributed by atoms with Crippen LogP contribution in [0.3, 0.4) is 0 Å². The molecule has 1 N–H and O–H groups in total. The van der Waals surface area contributed by atoms with Crippen LogP contribution in [0.1, 0.15) is 36.0 Å². The lowest BCUT2D eigenvalue weighted by atomic mass is 10.1. The molecule has 5 heteroatoms. The SMILES string of the molecule is O=C(NCCCN1CCCCC1)c1ccc(Br)nc1. The van der Waals surface area contributed by atoms with Crippen LogP contribution in [0.25, 0.3) is 0 Å². The first kappa shape index (κ1) is 14.5. The number of carbonyl (C=O) groups is 1. The molecule has 1 amide bonds. The monoisotopic (exact) mass is 325 g/mol. The van der Waals surface area contributed by atoms with E-state index in [-0.39, 0.29) is 5.91 Å². The molecule has 0 bridgehead atoms. The molecule has 0 saturated carbocycles. The second-order valence-electron chi connectivity index (χ2n) is 4.88. The third kappa shape index (κ3) is 4.91. The number of likely N-dealkylation sites (tertiary alicyclic amines) is 1. The fourth-order valence-electron chi connectivity index (χ4n) is 2.30. The number of hydrogen-bond acceptors (Lipinski definition) is 3. The van der Waals surface area contributed by atoms with Gasteiger partial charge >= 0.3 is 0 Å². The zero-order chi connectivity index (χ0) is 13.5. The quantitative estimate of drug-likeness (QED) is 0.668. The van der Waals surface area contributed by atoms with Crippen LogP contribution in [-0.4, -0.2) is 42.0 Å². The average Bonchev–Trinajstić information content (AvgIpc) is 2.45. The number of piperidine rings is 1. The van der Waals surface area contributed by atoms with E-state index in [2.05, 4.69) is 31.1 Å². The van der Waals surface area contributed by atoms with Gasteiger partial charge in [0, 0.05) is 12.7 Å². The lowest BCUT2D eigenvalue weighted by molar-refractivity contribution is 0.0950. The zero-order valence-electron chi connectivity index (χ0n) is 11.1. The smallest absolute Gasteiger partial charge is 0.252 e. The van der Waals surface area contributed by atoms with Gasteiger partial charge in [0.05, 0.1) is 5.56 Å². The standard InChI is InChI=1S/C14H20BrN3O/c15-13-6-5-12(11-17-13)14(19)16-7-4-10-18-8-2-1-3-9-18/h5-6,11H,1-4,7-10H2,(H,16,19). The Hall–Kier alpha value is -0.940. The largest absolute Gasteiger partial charge is 0.352 e. The Balaban J connectivity index is 1.64. The first-order chi connectivity index (χ1) is 9.25. The second kappa shape index (κ2) is 7.60. The average molecular weight is 326 g/mol. The van der Waals surface area contributed by atoms with Crippen LogP contribution in [0.15, 0.2) is 22.9 Å². The number of pyridine rings is 1. The number of hydrogen-bond donors (Lipinski definition) is 1. The minimum Gasteiger partial charge on any atom is -0.352 e. The highest BCUT2D eigenvalue weighted by atomic mass is 79.9. The van der Waals surface area contributed by atoms with Crippen molar-refractivity contribution in [3.63, 3.8) is 0 Å². The van der Waals surface area contributed by atoms with E-state index in [9.17, 15) is 4.79 Å². The van der Waals surface area contributed by atoms with Crippen molar-refractivity contribution >= 4 is 21.8 Å². The van der Waals surface area contributed by atoms with Gasteiger partial charge in [0.15, 0.2) is 0 Å². The molecular weight excluding hydrogens is 306 g/mol. The summed E-state index contributed by atoms with van der Waals surface area (Å²) in [6, 6.07) is 3.56. The number of amides is 1. The molecule has 104 valence electrons. The topological polar surface area (TPSA) is 45.2 Å². The molecule has 2 heterocycles. The summed E-state index contributed by atoms with van der Waals surface area (Å²) in [5.41, 5.74) is 0.612. The van der Waals surface area contributed by atoms with E-state index in [4.69, 9.17) is 0 Å². The summed E-state index contributed by atoms with van der Waals surface area (Å²) in [6.07, 6.45) is 6.59. The minimum atomic E-state index is -0.0429. The van der Waals surface area contributed by atoms with Gasteiger partial charge in [0.1, 0.15) is 4.60 Å². The van der Waals surface area contributed by atoms with E-state index >= 15 is 0 Å². The van der Waals surface area contributed by atoms with Gasteiger partial charge in [0.25, 0.3) is 5.91 Å². The Morgan fingerprint density at radius 3 is 2.79 bits per heavy atom. The molecule has 0 radical (unpaired) electrons. The Bertz CT molecular complexity index is 402. The van der Waals surface area contributed by atoms with Crippen molar-refractivity contribution in [3.8, 4) is 0 Å². The third-order valence-corrected chi connectivity index (χ3v) is 3.84. The van der Waals surface area contributed by atoms with Crippen LogP contribution >= 0.6 is 15.9 Å². The molecule has 19 heavy (non-hydrogen) atoms. The third-order valence-electron chi connectivity index (χ3n) is 3.37. The number of nitrogens with zero attached hydrogens (tertiary/aromatic N) is 2. The summed E-state index contributed by atoms with van der Waals surface area (Å²) in [6.45, 7) is 4.24. The Labute approximate surface area is 122 Å². The molecule has 2 rings (SSSR count). The van der Waals surface area contributed by atoms with Gasteiger partial charge in [0.2, 0.25) is 0 Å². The maximum Gasteiger partial charge on any atom is 0.252 e. The van der Waals surface area contributed by atoms with Crippen molar-refractivity contribution in [2.75, 3.05) is 26.2 Å². The van der Waals surface area contributed by atoms with Gasteiger partial charge in [-0.15, -0.1) is 0 Å². The van der Waals surface area contributed by atoms with Crippen molar-refractivity contribution < 1.29 is 4.79 Å². The molecular formula is C14H20BrN3O. The molecule has 0 spiro atoms. The number of nitrogens with one attached hydrogen (secondary N) is 1. The van der Waals surface area contributed by atoms with Gasteiger partial charge in [-0.2, -0.15) is 0 Å². The van der Waals surface area contributed by atoms with Crippen LogP contribution in [0.4, 0.5) is 0 Å². The molecule has 1 aliphatic rings. The molecule has 1 aromatic rings. The lowest BCUT2D eigenvalue weighted by Gasteiger charge is -2.26.